The van der Waals surface area contributed by atoms with Crippen LogP contribution >= 0.6 is 0 Å². The van der Waals surface area contributed by atoms with Crippen LogP contribution in [0.4, 0.5) is 14.5 Å². The van der Waals surface area contributed by atoms with Gasteiger partial charge in [0.2, 0.25) is 12.3 Å². The Balaban J connectivity index is 1.32. The molecule has 2 amide bonds. The molecule has 3 atom stereocenters. The third-order valence-electron chi connectivity index (χ3n) is 7.38. The van der Waals surface area contributed by atoms with Gasteiger partial charge in [-0.1, -0.05) is 13.8 Å². The highest BCUT2D eigenvalue weighted by molar-refractivity contribution is 5.82. The zero-order chi connectivity index (χ0) is 25.6. The van der Waals surface area contributed by atoms with Gasteiger partial charge in [0.1, 0.15) is 23.0 Å². The zero-order valence-corrected chi connectivity index (χ0v) is 20.0. The van der Waals surface area contributed by atoms with Crippen LogP contribution in [-0.4, -0.2) is 36.3 Å². The van der Waals surface area contributed by atoms with E-state index in [9.17, 15) is 23.6 Å². The van der Waals surface area contributed by atoms with Crippen molar-refractivity contribution in [3.05, 3.63) is 64.9 Å². The Morgan fingerprint density at radius 1 is 1.31 bits per heavy atom. The van der Waals surface area contributed by atoms with Crippen molar-refractivity contribution in [3.63, 3.8) is 0 Å². The highest BCUT2D eigenvalue weighted by Gasteiger charge is 2.48. The molecule has 7 nitrogen and oxygen atoms in total. The number of hydrogen-bond donors (Lipinski definition) is 2. The number of amides is 2. The number of halogens is 2. The van der Waals surface area contributed by atoms with Gasteiger partial charge in [0.25, 0.3) is 0 Å². The number of hydrogen-bond acceptors (Lipinski definition) is 5. The summed E-state index contributed by atoms with van der Waals surface area (Å²) in [7, 11) is 0. The van der Waals surface area contributed by atoms with E-state index in [1.165, 1.54) is 6.07 Å². The van der Waals surface area contributed by atoms with Gasteiger partial charge in [-0.15, -0.1) is 0 Å². The molecular weight excluding hydrogens is 466 g/mol. The molecule has 2 aliphatic rings. The normalized spacial score (nSPS) is 20.9. The number of nitrogens with one attached hydrogen (secondary N) is 2. The van der Waals surface area contributed by atoms with Gasteiger partial charge in [-0.25, -0.2) is 8.78 Å². The largest absolute Gasteiger partial charge is 0.460 e. The molecule has 2 N–H and O–H groups in total. The molecule has 0 bridgehead atoms. The second kappa shape index (κ2) is 8.94. The van der Waals surface area contributed by atoms with Gasteiger partial charge in [0, 0.05) is 48.3 Å². The molecule has 0 radical (unpaired) electrons. The lowest BCUT2D eigenvalue weighted by atomic mass is 9.70. The fraction of sp³-hybridized carbons (Fsp3) is 0.370. The van der Waals surface area contributed by atoms with Crippen LogP contribution in [0.2, 0.25) is 0 Å². The minimum atomic E-state index is -0.740. The van der Waals surface area contributed by atoms with E-state index in [2.05, 4.69) is 30.6 Å². The van der Waals surface area contributed by atoms with Gasteiger partial charge in [0.15, 0.2) is 0 Å². The van der Waals surface area contributed by atoms with Crippen molar-refractivity contribution in [1.29, 1.82) is 5.26 Å². The van der Waals surface area contributed by atoms with Crippen molar-refractivity contribution in [2.45, 2.75) is 38.8 Å². The van der Waals surface area contributed by atoms with Gasteiger partial charge in [-0.2, -0.15) is 5.26 Å². The third kappa shape index (κ3) is 4.17. The van der Waals surface area contributed by atoms with Crippen LogP contribution in [0.1, 0.15) is 43.2 Å². The van der Waals surface area contributed by atoms with Crippen LogP contribution in [0.25, 0.3) is 11.0 Å². The first-order chi connectivity index (χ1) is 17.2. The molecule has 0 unspecified atom stereocenters. The highest BCUT2D eigenvalue weighted by atomic mass is 19.1. The number of carbonyl (C=O) groups is 2. The number of carbonyl (C=O) groups excluding carboxylic acids is 2. The predicted molar refractivity (Wildman–Crippen MR) is 129 cm³/mol. The molecule has 0 aliphatic carbocycles. The zero-order valence-electron chi connectivity index (χ0n) is 20.0. The summed E-state index contributed by atoms with van der Waals surface area (Å²) in [6, 6.07) is 10.7. The standard InChI is InChI=1S/C27H26F2N4O3/c1-27(2,13-31-24(35)11-17-10-19-21(29)8-16(28)9-23(19)36-17)26-18-5-6-33(14-34)25(18)20-7-15(12-30)3-4-22(20)32-26/h3-4,7-10,14,18,25-26,32H,5-6,11,13H2,1-2H3,(H,31,35)/t18-,25+,26+/m1/s1. The van der Waals surface area contributed by atoms with Crippen LogP contribution in [-0.2, 0) is 16.0 Å². The molecule has 2 aromatic carbocycles. The SMILES string of the molecule is CC(C)(CNC(=O)Cc1cc2c(F)cc(F)cc2o1)[C@H]1Nc2ccc(C#N)cc2[C@@H]2[C@H]1CCN2C=O. The Labute approximate surface area is 207 Å². The molecule has 3 heterocycles. The van der Waals surface area contributed by atoms with E-state index in [1.54, 1.807) is 11.0 Å². The van der Waals surface area contributed by atoms with Crippen molar-refractivity contribution < 1.29 is 22.8 Å². The van der Waals surface area contributed by atoms with Gasteiger partial charge in [0.05, 0.1) is 29.5 Å². The average Bonchev–Trinajstić information content (AvgIpc) is 3.46. The summed E-state index contributed by atoms with van der Waals surface area (Å²) in [6.07, 6.45) is 1.57. The number of nitriles is 1. The summed E-state index contributed by atoms with van der Waals surface area (Å²) >= 11 is 0. The predicted octanol–water partition coefficient (Wildman–Crippen LogP) is 4.28. The smallest absolute Gasteiger partial charge is 0.227 e. The van der Waals surface area contributed by atoms with E-state index < -0.39 is 17.0 Å². The Morgan fingerprint density at radius 2 is 2.11 bits per heavy atom. The fourth-order valence-corrected chi connectivity index (χ4v) is 5.64. The quantitative estimate of drug-likeness (QED) is 0.501. The molecule has 2 aliphatic heterocycles. The van der Waals surface area contributed by atoms with Gasteiger partial charge >= 0.3 is 0 Å². The van der Waals surface area contributed by atoms with Crippen molar-refractivity contribution in [1.82, 2.24) is 10.2 Å². The molecule has 1 saturated heterocycles. The van der Waals surface area contributed by atoms with Crippen molar-refractivity contribution in [2.24, 2.45) is 11.3 Å². The molecule has 5 rings (SSSR count). The van der Waals surface area contributed by atoms with Crippen molar-refractivity contribution in [3.8, 4) is 6.07 Å². The minimum absolute atomic E-state index is 0.0449. The van der Waals surface area contributed by atoms with Gasteiger partial charge < -0.3 is 20.0 Å². The van der Waals surface area contributed by atoms with Crippen LogP contribution in [0, 0.1) is 34.3 Å². The maximum atomic E-state index is 14.0. The van der Waals surface area contributed by atoms with Crippen LogP contribution in [0.15, 0.2) is 40.8 Å². The first-order valence-corrected chi connectivity index (χ1v) is 11.9. The molecule has 0 saturated carbocycles. The summed E-state index contributed by atoms with van der Waals surface area (Å²) in [5.74, 6) is -1.41. The number of fused-ring (bicyclic) bond motifs is 4. The van der Waals surface area contributed by atoms with Crippen molar-refractivity contribution >= 4 is 29.0 Å². The Bertz CT molecular complexity index is 1390. The Morgan fingerprint density at radius 3 is 2.86 bits per heavy atom. The van der Waals surface area contributed by atoms with Crippen LogP contribution in [0.3, 0.4) is 0 Å². The third-order valence-corrected chi connectivity index (χ3v) is 7.38. The summed E-state index contributed by atoms with van der Waals surface area (Å²) in [4.78, 5) is 26.3. The second-order valence-corrected chi connectivity index (χ2v) is 10.2. The molecule has 3 aromatic rings. The summed E-state index contributed by atoms with van der Waals surface area (Å²) in [5.41, 5.74) is 2.03. The number of likely N-dealkylation sites (tertiary alicyclic amines) is 1. The average molecular weight is 493 g/mol. The maximum absolute atomic E-state index is 14.0. The van der Waals surface area contributed by atoms with E-state index in [1.807, 2.05) is 12.1 Å². The van der Waals surface area contributed by atoms with E-state index in [-0.39, 0.29) is 47.1 Å². The molecule has 9 heteroatoms. The van der Waals surface area contributed by atoms with Gasteiger partial charge in [-0.05, 0) is 36.2 Å². The number of benzene rings is 2. The van der Waals surface area contributed by atoms with Crippen molar-refractivity contribution in [2.75, 3.05) is 18.4 Å². The molecule has 0 spiro atoms. The van der Waals surface area contributed by atoms with Crippen LogP contribution in [0.5, 0.6) is 0 Å². The monoisotopic (exact) mass is 492 g/mol. The summed E-state index contributed by atoms with van der Waals surface area (Å²) in [5, 5.41) is 16.0. The van der Waals surface area contributed by atoms with E-state index >= 15 is 0 Å². The molecule has 186 valence electrons. The van der Waals surface area contributed by atoms with Crippen LogP contribution < -0.4 is 10.6 Å². The Hall–Kier alpha value is -3.93. The molecule has 1 fully saturated rings. The molecule has 1 aromatic heterocycles. The summed E-state index contributed by atoms with van der Waals surface area (Å²) < 4.78 is 32.9. The lowest BCUT2D eigenvalue weighted by molar-refractivity contribution is -0.121. The molecular formula is C27H26F2N4O3. The number of furan rings is 1. The van der Waals surface area contributed by atoms with E-state index in [0.29, 0.717) is 18.7 Å². The number of rotatable bonds is 6. The first-order valence-electron chi connectivity index (χ1n) is 11.9. The lowest BCUT2D eigenvalue weighted by Gasteiger charge is -2.46. The Kier molecular flexibility index (Phi) is 5.91. The fourth-order valence-electron chi connectivity index (χ4n) is 5.64. The summed E-state index contributed by atoms with van der Waals surface area (Å²) in [6.45, 7) is 5.08. The number of anilines is 1. The van der Waals surface area contributed by atoms with E-state index in [0.717, 1.165) is 36.2 Å². The first kappa shape index (κ1) is 23.8. The second-order valence-electron chi connectivity index (χ2n) is 10.2. The lowest BCUT2D eigenvalue weighted by Crippen LogP contribution is -2.52. The maximum Gasteiger partial charge on any atom is 0.227 e. The molecule has 36 heavy (non-hydrogen) atoms. The highest BCUT2D eigenvalue weighted by Crippen LogP contribution is 2.49. The van der Waals surface area contributed by atoms with Gasteiger partial charge in [-0.3, -0.25) is 9.59 Å². The number of nitrogens with zero attached hydrogens (tertiary/aromatic N) is 2. The minimum Gasteiger partial charge on any atom is -0.460 e. The topological polar surface area (TPSA) is 98.4 Å². The van der Waals surface area contributed by atoms with E-state index in [4.69, 9.17) is 4.42 Å².